The lowest BCUT2D eigenvalue weighted by atomic mass is 10.2. The minimum absolute atomic E-state index is 0.0886. The van der Waals surface area contributed by atoms with Crippen molar-refractivity contribution in [3.63, 3.8) is 0 Å². The molecule has 0 aliphatic heterocycles. The number of carbonyl (C=O) groups excluding carboxylic acids is 1. The third-order valence-corrected chi connectivity index (χ3v) is 5.40. The van der Waals surface area contributed by atoms with E-state index in [1.165, 1.54) is 4.90 Å². The fourth-order valence-corrected chi connectivity index (χ4v) is 3.65. The minimum atomic E-state index is -0.0886. The zero-order valence-corrected chi connectivity index (χ0v) is 19.6. The van der Waals surface area contributed by atoms with Crippen LogP contribution in [0.5, 0.6) is 23.0 Å². The number of fused-ring (bicyclic) bond motifs is 1. The Kier molecular flexibility index (Phi) is 6.03. The molecule has 0 aliphatic rings. The number of ether oxygens (including phenoxy) is 2. The fourth-order valence-electron chi connectivity index (χ4n) is 3.65. The second-order valence-electron chi connectivity index (χ2n) is 8.15. The predicted molar refractivity (Wildman–Crippen MR) is 135 cm³/mol. The van der Waals surface area contributed by atoms with Crippen molar-refractivity contribution < 1.29 is 14.3 Å². The topological polar surface area (TPSA) is 104 Å². The molecule has 0 spiro atoms. The molecule has 0 aliphatic carbocycles. The van der Waals surface area contributed by atoms with Crippen molar-refractivity contribution in [2.24, 2.45) is 0 Å². The van der Waals surface area contributed by atoms with Gasteiger partial charge in [-0.2, -0.15) is 5.26 Å². The van der Waals surface area contributed by atoms with Gasteiger partial charge in [0.05, 0.1) is 11.1 Å². The van der Waals surface area contributed by atoms with Crippen molar-refractivity contribution in [1.29, 1.82) is 5.26 Å². The summed E-state index contributed by atoms with van der Waals surface area (Å²) >= 11 is 0. The summed E-state index contributed by atoms with van der Waals surface area (Å²) in [6.45, 7) is 0. The number of hydrogen-bond acceptors (Lipinski definition) is 6. The Morgan fingerprint density at radius 2 is 1.69 bits per heavy atom. The number of amides is 1. The number of aromatic nitrogens is 3. The highest BCUT2D eigenvalue weighted by molar-refractivity contribution is 5.94. The molecule has 0 saturated carbocycles. The van der Waals surface area contributed by atoms with Gasteiger partial charge in [-0.05, 0) is 48.5 Å². The van der Waals surface area contributed by atoms with E-state index in [9.17, 15) is 10.1 Å². The molecule has 0 saturated heterocycles. The number of carbonyl (C=O) groups is 1. The van der Waals surface area contributed by atoms with E-state index in [1.54, 1.807) is 74.9 Å². The quantitative estimate of drug-likeness (QED) is 0.334. The summed E-state index contributed by atoms with van der Waals surface area (Å²) in [5, 5.41) is 9.50. The lowest BCUT2D eigenvalue weighted by Crippen LogP contribution is -2.21. The van der Waals surface area contributed by atoms with Crippen LogP contribution in [0, 0.1) is 11.3 Å². The molecule has 5 aromatic rings. The molecule has 3 aromatic carbocycles. The monoisotopic (exact) mass is 475 g/mol. The maximum atomic E-state index is 12.2. The molecular weight excluding hydrogens is 454 g/mol. The van der Waals surface area contributed by atoms with Gasteiger partial charge in [0.2, 0.25) is 0 Å². The highest BCUT2D eigenvalue weighted by atomic mass is 16.5. The van der Waals surface area contributed by atoms with E-state index in [2.05, 4.69) is 16.0 Å². The number of aromatic amines is 1. The molecule has 36 heavy (non-hydrogen) atoms. The standard InChI is InChI=1S/C28H21N5O3/c1-33(2)28(34)18-10-12-20(13-11-18)35-21-15-23-26(32-27(31-23)22-8-5-6-14-30-22)25(16-21)36-24-9-4-3-7-19(24)17-29/h3-16H,1-2H3,(H,31,32). The van der Waals surface area contributed by atoms with Crippen LogP contribution >= 0.6 is 0 Å². The largest absolute Gasteiger partial charge is 0.457 e. The Bertz CT molecular complexity index is 1590. The summed E-state index contributed by atoms with van der Waals surface area (Å²) in [7, 11) is 3.41. The van der Waals surface area contributed by atoms with Crippen LogP contribution in [-0.2, 0) is 0 Å². The van der Waals surface area contributed by atoms with Gasteiger partial charge < -0.3 is 19.4 Å². The van der Waals surface area contributed by atoms with Crippen molar-refractivity contribution in [2.75, 3.05) is 14.1 Å². The molecule has 5 rings (SSSR count). The van der Waals surface area contributed by atoms with Gasteiger partial charge in [-0.25, -0.2) is 4.98 Å². The Morgan fingerprint density at radius 1 is 0.917 bits per heavy atom. The number of nitriles is 1. The van der Waals surface area contributed by atoms with Gasteiger partial charge >= 0.3 is 0 Å². The van der Waals surface area contributed by atoms with Crippen LogP contribution in [0.3, 0.4) is 0 Å². The normalized spacial score (nSPS) is 10.6. The van der Waals surface area contributed by atoms with Crippen LogP contribution in [0.15, 0.2) is 85.1 Å². The van der Waals surface area contributed by atoms with E-state index in [4.69, 9.17) is 14.5 Å². The zero-order chi connectivity index (χ0) is 25.1. The molecule has 0 fully saturated rings. The Balaban J connectivity index is 1.55. The van der Waals surface area contributed by atoms with Crippen molar-refractivity contribution in [3.8, 4) is 40.6 Å². The maximum Gasteiger partial charge on any atom is 0.253 e. The van der Waals surface area contributed by atoms with Gasteiger partial charge in [0.1, 0.15) is 34.5 Å². The third kappa shape index (κ3) is 4.58. The summed E-state index contributed by atoms with van der Waals surface area (Å²) < 4.78 is 12.3. The molecule has 0 atom stereocenters. The molecule has 176 valence electrons. The number of pyridine rings is 1. The van der Waals surface area contributed by atoms with E-state index >= 15 is 0 Å². The smallest absolute Gasteiger partial charge is 0.253 e. The molecule has 8 nitrogen and oxygen atoms in total. The Morgan fingerprint density at radius 3 is 2.42 bits per heavy atom. The Labute approximate surface area is 207 Å². The summed E-state index contributed by atoms with van der Waals surface area (Å²) in [5.74, 6) is 2.37. The SMILES string of the molecule is CN(C)C(=O)c1ccc(Oc2cc(Oc3ccccc3C#N)c3nc(-c4ccccn4)[nH]c3c2)cc1. The molecule has 2 heterocycles. The van der Waals surface area contributed by atoms with Gasteiger partial charge in [0.25, 0.3) is 5.91 Å². The van der Waals surface area contributed by atoms with Crippen LogP contribution in [0.25, 0.3) is 22.6 Å². The lowest BCUT2D eigenvalue weighted by molar-refractivity contribution is 0.0827. The number of hydrogen-bond donors (Lipinski definition) is 1. The van der Waals surface area contributed by atoms with Gasteiger partial charge in [0, 0.05) is 38.0 Å². The molecule has 8 heteroatoms. The first-order chi connectivity index (χ1) is 17.5. The first-order valence-electron chi connectivity index (χ1n) is 11.1. The zero-order valence-electron chi connectivity index (χ0n) is 19.6. The van der Waals surface area contributed by atoms with Crippen LogP contribution in [0.2, 0.25) is 0 Å². The Hall–Kier alpha value is -5.16. The van der Waals surface area contributed by atoms with E-state index in [-0.39, 0.29) is 5.91 Å². The first-order valence-corrected chi connectivity index (χ1v) is 11.1. The van der Waals surface area contributed by atoms with Gasteiger partial charge in [0.15, 0.2) is 11.6 Å². The molecule has 1 amide bonds. The van der Waals surface area contributed by atoms with E-state index in [1.807, 2.05) is 24.3 Å². The average Bonchev–Trinajstić information content (AvgIpc) is 3.34. The van der Waals surface area contributed by atoms with Crippen LogP contribution in [-0.4, -0.2) is 39.9 Å². The highest BCUT2D eigenvalue weighted by Gasteiger charge is 2.16. The number of imidazole rings is 1. The summed E-state index contributed by atoms with van der Waals surface area (Å²) in [6, 6.07) is 25.2. The van der Waals surface area contributed by atoms with E-state index in [0.717, 1.165) is 0 Å². The minimum Gasteiger partial charge on any atom is -0.457 e. The summed E-state index contributed by atoms with van der Waals surface area (Å²) in [4.78, 5) is 26.1. The predicted octanol–water partition coefficient (Wildman–Crippen LogP) is 5.78. The highest BCUT2D eigenvalue weighted by Crippen LogP contribution is 2.37. The molecular formula is C28H21N5O3. The van der Waals surface area contributed by atoms with Crippen LogP contribution in [0.4, 0.5) is 0 Å². The molecule has 0 radical (unpaired) electrons. The van der Waals surface area contributed by atoms with Gasteiger partial charge in [-0.15, -0.1) is 0 Å². The van der Waals surface area contributed by atoms with Crippen molar-refractivity contribution in [2.45, 2.75) is 0 Å². The summed E-state index contributed by atoms with van der Waals surface area (Å²) in [5.41, 5.74) is 2.90. The maximum absolute atomic E-state index is 12.2. The molecule has 0 bridgehead atoms. The van der Waals surface area contributed by atoms with E-state index in [0.29, 0.717) is 56.7 Å². The molecule has 0 unspecified atom stereocenters. The van der Waals surface area contributed by atoms with Crippen molar-refractivity contribution >= 4 is 16.9 Å². The number of nitrogens with one attached hydrogen (secondary N) is 1. The number of para-hydroxylation sites is 1. The number of rotatable bonds is 6. The number of benzene rings is 3. The third-order valence-electron chi connectivity index (χ3n) is 5.40. The number of nitrogens with zero attached hydrogens (tertiary/aromatic N) is 4. The number of H-pyrrole nitrogens is 1. The first kappa shape index (κ1) is 22.6. The lowest BCUT2D eigenvalue weighted by Gasteiger charge is -2.12. The van der Waals surface area contributed by atoms with Gasteiger partial charge in [-0.3, -0.25) is 9.78 Å². The van der Waals surface area contributed by atoms with Crippen LogP contribution < -0.4 is 9.47 Å². The van der Waals surface area contributed by atoms with Crippen molar-refractivity contribution in [1.82, 2.24) is 19.9 Å². The second-order valence-corrected chi connectivity index (χ2v) is 8.15. The average molecular weight is 476 g/mol. The van der Waals surface area contributed by atoms with Crippen LogP contribution in [0.1, 0.15) is 15.9 Å². The molecule has 2 aromatic heterocycles. The van der Waals surface area contributed by atoms with Crippen molar-refractivity contribution in [3.05, 3.63) is 96.2 Å². The second kappa shape index (κ2) is 9.60. The molecule has 1 N–H and O–H groups in total. The fraction of sp³-hybridized carbons (Fsp3) is 0.0714. The van der Waals surface area contributed by atoms with Gasteiger partial charge in [-0.1, -0.05) is 18.2 Å². The van der Waals surface area contributed by atoms with E-state index < -0.39 is 0 Å². The summed E-state index contributed by atoms with van der Waals surface area (Å²) in [6.07, 6.45) is 1.70.